The van der Waals surface area contributed by atoms with Crippen LogP contribution >= 0.6 is 0 Å². The molecular formula is C19H23NO7S2. The van der Waals surface area contributed by atoms with Gasteiger partial charge in [-0.25, -0.2) is 16.8 Å². The Morgan fingerprint density at radius 2 is 1.76 bits per heavy atom. The SMILES string of the molecule is COc1ccc(OC)c(S(=O)(=O)N(Cc2ccccc2)[C@@H]2CS(=O)(=O)C[C@@H]2O)c1. The van der Waals surface area contributed by atoms with Crippen molar-refractivity contribution in [3.05, 3.63) is 54.1 Å². The van der Waals surface area contributed by atoms with E-state index in [1.54, 1.807) is 36.4 Å². The van der Waals surface area contributed by atoms with Crippen molar-refractivity contribution in [3.63, 3.8) is 0 Å². The third-order valence-corrected chi connectivity index (χ3v) is 8.39. The molecule has 8 nitrogen and oxygen atoms in total. The average Bonchev–Trinajstić information content (AvgIpc) is 2.98. The second kappa shape index (κ2) is 8.31. The highest BCUT2D eigenvalue weighted by Gasteiger charge is 2.45. The highest BCUT2D eigenvalue weighted by Crippen LogP contribution is 2.34. The molecule has 1 saturated heterocycles. The summed E-state index contributed by atoms with van der Waals surface area (Å²) in [7, 11) is -5.05. The number of hydrogen-bond acceptors (Lipinski definition) is 7. The van der Waals surface area contributed by atoms with Gasteiger partial charge in [0.25, 0.3) is 0 Å². The van der Waals surface area contributed by atoms with E-state index in [-0.39, 0.29) is 17.2 Å². The molecule has 0 amide bonds. The van der Waals surface area contributed by atoms with Crippen LogP contribution in [0.4, 0.5) is 0 Å². The van der Waals surface area contributed by atoms with Gasteiger partial charge in [0.2, 0.25) is 10.0 Å². The van der Waals surface area contributed by atoms with Gasteiger partial charge >= 0.3 is 0 Å². The zero-order valence-corrected chi connectivity index (χ0v) is 17.7. The summed E-state index contributed by atoms with van der Waals surface area (Å²) < 4.78 is 62.8. The third kappa shape index (κ3) is 4.55. The fourth-order valence-corrected chi connectivity index (χ4v) is 7.05. The Bertz CT molecular complexity index is 1070. The maximum atomic E-state index is 13.6. The third-order valence-electron chi connectivity index (χ3n) is 4.80. The topological polar surface area (TPSA) is 110 Å². The molecule has 1 fully saturated rings. The first-order valence-corrected chi connectivity index (χ1v) is 12.1. The molecule has 0 aliphatic carbocycles. The molecule has 2 aromatic carbocycles. The average molecular weight is 442 g/mol. The second-order valence-electron chi connectivity index (χ2n) is 6.76. The van der Waals surface area contributed by atoms with E-state index >= 15 is 0 Å². The molecule has 3 rings (SSSR count). The van der Waals surface area contributed by atoms with Crippen molar-refractivity contribution in [2.75, 3.05) is 25.7 Å². The molecule has 0 spiro atoms. The van der Waals surface area contributed by atoms with Crippen LogP contribution in [0.25, 0.3) is 0 Å². The number of nitrogens with zero attached hydrogens (tertiary/aromatic N) is 1. The Morgan fingerprint density at radius 1 is 1.07 bits per heavy atom. The van der Waals surface area contributed by atoms with Crippen molar-refractivity contribution in [2.45, 2.75) is 23.6 Å². The predicted octanol–water partition coefficient (Wildman–Crippen LogP) is 1.05. The highest BCUT2D eigenvalue weighted by atomic mass is 32.2. The Balaban J connectivity index is 2.12. The van der Waals surface area contributed by atoms with Crippen molar-refractivity contribution in [2.24, 2.45) is 0 Å². The van der Waals surface area contributed by atoms with E-state index < -0.39 is 43.5 Å². The summed E-state index contributed by atoms with van der Waals surface area (Å²) in [5, 5.41) is 10.4. The molecule has 1 aliphatic rings. The van der Waals surface area contributed by atoms with E-state index in [1.807, 2.05) is 0 Å². The fourth-order valence-electron chi connectivity index (χ4n) is 3.34. The summed E-state index contributed by atoms with van der Waals surface area (Å²) in [5.74, 6) is -0.525. The van der Waals surface area contributed by atoms with Crippen LogP contribution in [0.5, 0.6) is 11.5 Å². The van der Waals surface area contributed by atoms with Gasteiger partial charge in [0.15, 0.2) is 9.84 Å². The summed E-state index contributed by atoms with van der Waals surface area (Å²) >= 11 is 0. The lowest BCUT2D eigenvalue weighted by Gasteiger charge is -2.30. The van der Waals surface area contributed by atoms with Crippen molar-refractivity contribution in [1.82, 2.24) is 4.31 Å². The Hall–Kier alpha value is -2.14. The normalized spacial score (nSPS) is 21.2. The van der Waals surface area contributed by atoms with Gasteiger partial charge in [-0.2, -0.15) is 4.31 Å². The lowest BCUT2D eigenvalue weighted by molar-refractivity contribution is 0.125. The van der Waals surface area contributed by atoms with Gasteiger partial charge in [-0.15, -0.1) is 0 Å². The van der Waals surface area contributed by atoms with Crippen molar-refractivity contribution in [3.8, 4) is 11.5 Å². The number of methoxy groups -OCH3 is 2. The van der Waals surface area contributed by atoms with E-state index in [2.05, 4.69) is 0 Å². The van der Waals surface area contributed by atoms with Crippen molar-refractivity contribution in [1.29, 1.82) is 0 Å². The maximum Gasteiger partial charge on any atom is 0.247 e. The number of sulfone groups is 1. The zero-order chi connectivity index (χ0) is 21.2. The molecule has 0 saturated carbocycles. The lowest BCUT2D eigenvalue weighted by Crippen LogP contribution is -2.46. The maximum absolute atomic E-state index is 13.6. The lowest BCUT2D eigenvalue weighted by atomic mass is 10.2. The van der Waals surface area contributed by atoms with E-state index in [9.17, 15) is 21.9 Å². The molecule has 0 aromatic heterocycles. The van der Waals surface area contributed by atoms with E-state index in [0.717, 1.165) is 4.31 Å². The van der Waals surface area contributed by atoms with Crippen LogP contribution in [0.1, 0.15) is 5.56 Å². The predicted molar refractivity (Wildman–Crippen MR) is 107 cm³/mol. The Labute approximate surface area is 170 Å². The first-order chi connectivity index (χ1) is 13.7. The van der Waals surface area contributed by atoms with Crippen LogP contribution < -0.4 is 9.47 Å². The van der Waals surface area contributed by atoms with Gasteiger partial charge < -0.3 is 14.6 Å². The molecule has 0 unspecified atom stereocenters. The second-order valence-corrected chi connectivity index (χ2v) is 10.8. The highest BCUT2D eigenvalue weighted by molar-refractivity contribution is 7.92. The Morgan fingerprint density at radius 3 is 2.31 bits per heavy atom. The number of sulfonamides is 1. The first-order valence-electron chi connectivity index (χ1n) is 8.84. The summed E-state index contributed by atoms with van der Waals surface area (Å²) in [6.45, 7) is -0.0964. The standard InChI is InChI=1S/C19H23NO7S2/c1-26-15-8-9-18(27-2)19(10-15)29(24,25)20(11-14-6-4-3-5-7-14)16-12-28(22,23)13-17(16)21/h3-10,16-17,21H,11-13H2,1-2H3/t16-,17+/m1/s1. The van der Waals surface area contributed by atoms with Crippen molar-refractivity contribution < 1.29 is 31.4 Å². The number of ether oxygens (including phenoxy) is 2. The van der Waals surface area contributed by atoms with E-state index in [0.29, 0.717) is 11.3 Å². The van der Waals surface area contributed by atoms with Crippen LogP contribution in [-0.4, -0.2) is 64.1 Å². The van der Waals surface area contributed by atoms with Gasteiger partial charge in [0.05, 0.1) is 37.9 Å². The van der Waals surface area contributed by atoms with Crippen LogP contribution in [-0.2, 0) is 26.4 Å². The number of hydrogen-bond donors (Lipinski definition) is 1. The molecule has 1 aliphatic heterocycles. The Kier molecular flexibility index (Phi) is 6.18. The van der Waals surface area contributed by atoms with Crippen LogP contribution in [0, 0.1) is 0 Å². The van der Waals surface area contributed by atoms with Crippen LogP contribution in [0.3, 0.4) is 0 Å². The first kappa shape index (κ1) is 21.6. The largest absolute Gasteiger partial charge is 0.497 e. The monoisotopic (exact) mass is 441 g/mol. The molecule has 158 valence electrons. The summed E-state index contributed by atoms with van der Waals surface area (Å²) in [5.41, 5.74) is 0.662. The number of rotatable bonds is 7. The molecule has 1 N–H and O–H groups in total. The summed E-state index contributed by atoms with van der Waals surface area (Å²) in [4.78, 5) is -0.160. The number of aliphatic hydroxyl groups is 1. The van der Waals surface area contributed by atoms with Gasteiger partial charge in [0.1, 0.15) is 16.4 Å². The molecule has 2 atom stereocenters. The minimum atomic E-state index is -4.24. The van der Waals surface area contributed by atoms with Crippen LogP contribution in [0.15, 0.2) is 53.4 Å². The number of benzene rings is 2. The smallest absolute Gasteiger partial charge is 0.247 e. The molecule has 0 radical (unpaired) electrons. The summed E-state index contributed by atoms with van der Waals surface area (Å²) in [6.07, 6.45) is -1.32. The molecule has 2 aromatic rings. The van der Waals surface area contributed by atoms with E-state index in [1.165, 1.54) is 26.4 Å². The van der Waals surface area contributed by atoms with Gasteiger partial charge in [0, 0.05) is 12.6 Å². The zero-order valence-electron chi connectivity index (χ0n) is 16.1. The van der Waals surface area contributed by atoms with Gasteiger partial charge in [-0.05, 0) is 17.7 Å². The minimum absolute atomic E-state index is 0.0964. The number of aliphatic hydroxyl groups excluding tert-OH is 1. The van der Waals surface area contributed by atoms with Crippen molar-refractivity contribution >= 4 is 19.9 Å². The molecular weight excluding hydrogens is 418 g/mol. The van der Waals surface area contributed by atoms with Gasteiger partial charge in [-0.3, -0.25) is 0 Å². The summed E-state index contributed by atoms with van der Waals surface area (Å²) in [6, 6.07) is 12.0. The molecule has 29 heavy (non-hydrogen) atoms. The fraction of sp³-hybridized carbons (Fsp3) is 0.368. The molecule has 0 bridgehead atoms. The molecule has 1 heterocycles. The minimum Gasteiger partial charge on any atom is -0.497 e. The van der Waals surface area contributed by atoms with E-state index in [4.69, 9.17) is 9.47 Å². The van der Waals surface area contributed by atoms with Crippen LogP contribution in [0.2, 0.25) is 0 Å². The van der Waals surface area contributed by atoms with Gasteiger partial charge in [-0.1, -0.05) is 30.3 Å². The molecule has 10 heteroatoms. The quantitative estimate of drug-likeness (QED) is 0.684.